The highest BCUT2D eigenvalue weighted by molar-refractivity contribution is 7.94. The molecule has 0 fully saturated rings. The van der Waals surface area contributed by atoms with Gasteiger partial charge in [-0.3, -0.25) is 0 Å². The molecule has 6 heteroatoms. The summed E-state index contributed by atoms with van der Waals surface area (Å²) in [5, 5.41) is 20.3. The lowest BCUT2D eigenvalue weighted by molar-refractivity contribution is 0.423. The summed E-state index contributed by atoms with van der Waals surface area (Å²) in [6.45, 7) is 11.8. The van der Waals surface area contributed by atoms with E-state index in [-0.39, 0.29) is 33.0 Å². The Kier molecular flexibility index (Phi) is 5.82. The van der Waals surface area contributed by atoms with Gasteiger partial charge < -0.3 is 9.52 Å². The zero-order valence-corrected chi connectivity index (χ0v) is 18.0. The molecule has 0 spiro atoms. The van der Waals surface area contributed by atoms with Gasteiger partial charge in [0.25, 0.3) is 0 Å². The standard InChI is InChI=1S/C22H27NO4S/c1-21(2,3)18-11-15(12-19(20(18)24)22(4,5)6)10-17(13-23)28(25,26)14-16-8-7-9-27-16/h7-12,24H,14H2,1-6H3/b17-10-. The Bertz CT molecular complexity index is 991. The zero-order valence-electron chi connectivity index (χ0n) is 17.2. The van der Waals surface area contributed by atoms with Crippen molar-refractivity contribution in [1.82, 2.24) is 0 Å². The van der Waals surface area contributed by atoms with Crippen LogP contribution < -0.4 is 0 Å². The molecule has 0 aliphatic heterocycles. The minimum Gasteiger partial charge on any atom is -0.507 e. The molecule has 1 heterocycles. The van der Waals surface area contributed by atoms with E-state index in [1.165, 1.54) is 12.3 Å². The molecule has 150 valence electrons. The minimum atomic E-state index is -3.86. The van der Waals surface area contributed by atoms with Crippen LogP contribution in [0.3, 0.4) is 0 Å². The molecule has 0 bridgehead atoms. The van der Waals surface area contributed by atoms with Crippen LogP contribution in [-0.2, 0) is 26.4 Å². The van der Waals surface area contributed by atoms with Crippen molar-refractivity contribution in [2.24, 2.45) is 0 Å². The zero-order chi connectivity index (χ0) is 21.3. The second-order valence-electron chi connectivity index (χ2n) is 8.92. The van der Waals surface area contributed by atoms with Gasteiger partial charge in [0.2, 0.25) is 0 Å². The van der Waals surface area contributed by atoms with Crippen LogP contribution in [0.2, 0.25) is 0 Å². The van der Waals surface area contributed by atoms with Crippen LogP contribution in [0.4, 0.5) is 0 Å². The van der Waals surface area contributed by atoms with Crippen molar-refractivity contribution in [2.75, 3.05) is 0 Å². The predicted octanol–water partition coefficient (Wildman–Crippen LogP) is 5.06. The maximum Gasteiger partial charge on any atom is 0.195 e. The molecular formula is C22H27NO4S. The smallest absolute Gasteiger partial charge is 0.195 e. The number of nitrogens with zero attached hydrogens (tertiary/aromatic N) is 1. The van der Waals surface area contributed by atoms with Crippen molar-refractivity contribution in [3.05, 3.63) is 57.9 Å². The first-order valence-corrected chi connectivity index (χ1v) is 10.7. The van der Waals surface area contributed by atoms with E-state index < -0.39 is 9.84 Å². The SMILES string of the molecule is CC(C)(C)c1cc(/C=C(/C#N)S(=O)(=O)Cc2ccco2)cc(C(C)(C)C)c1O. The van der Waals surface area contributed by atoms with E-state index in [2.05, 4.69) is 0 Å². The van der Waals surface area contributed by atoms with Crippen LogP contribution >= 0.6 is 0 Å². The number of rotatable bonds is 4. The summed E-state index contributed by atoms with van der Waals surface area (Å²) in [4.78, 5) is -0.339. The van der Waals surface area contributed by atoms with Crippen molar-refractivity contribution in [1.29, 1.82) is 5.26 Å². The predicted molar refractivity (Wildman–Crippen MR) is 110 cm³/mol. The third-order valence-electron chi connectivity index (χ3n) is 4.40. The number of furan rings is 1. The molecule has 0 radical (unpaired) electrons. The normalized spacial score (nSPS) is 13.4. The molecule has 2 aromatic rings. The van der Waals surface area contributed by atoms with Crippen LogP contribution in [0.15, 0.2) is 39.9 Å². The average molecular weight is 402 g/mol. The number of nitriles is 1. The molecule has 1 N–H and O–H groups in total. The van der Waals surface area contributed by atoms with E-state index in [0.717, 1.165) is 0 Å². The molecule has 0 saturated heterocycles. The fraction of sp³-hybridized carbons (Fsp3) is 0.409. The Balaban J connectivity index is 2.64. The van der Waals surface area contributed by atoms with Crippen LogP contribution in [0, 0.1) is 11.3 Å². The lowest BCUT2D eigenvalue weighted by Gasteiger charge is -2.28. The summed E-state index contributed by atoms with van der Waals surface area (Å²) in [6.07, 6.45) is 2.76. The fourth-order valence-electron chi connectivity index (χ4n) is 2.89. The number of sulfone groups is 1. The van der Waals surface area contributed by atoms with Gasteiger partial charge in [0, 0.05) is 11.1 Å². The van der Waals surface area contributed by atoms with E-state index >= 15 is 0 Å². The van der Waals surface area contributed by atoms with E-state index in [1.54, 1.807) is 30.3 Å². The number of phenols is 1. The molecule has 1 aromatic heterocycles. The van der Waals surface area contributed by atoms with Crippen molar-refractivity contribution >= 4 is 15.9 Å². The highest BCUT2D eigenvalue weighted by Gasteiger charge is 2.27. The van der Waals surface area contributed by atoms with Gasteiger partial charge in [0.05, 0.1) is 6.26 Å². The number of phenolic OH excluding ortho intramolecular Hbond substituents is 1. The first-order valence-electron chi connectivity index (χ1n) is 9.00. The fourth-order valence-corrected chi connectivity index (χ4v) is 4.04. The molecule has 0 aliphatic rings. The third-order valence-corrected chi connectivity index (χ3v) is 5.95. The second-order valence-corrected chi connectivity index (χ2v) is 10.9. The van der Waals surface area contributed by atoms with Gasteiger partial charge in [-0.05, 0) is 46.7 Å². The van der Waals surface area contributed by atoms with Gasteiger partial charge in [-0.15, -0.1) is 0 Å². The second kappa shape index (κ2) is 7.48. The summed E-state index contributed by atoms with van der Waals surface area (Å²) in [5.41, 5.74) is 1.26. The van der Waals surface area contributed by atoms with Gasteiger partial charge in [0.1, 0.15) is 28.2 Å². The number of hydrogen-bond acceptors (Lipinski definition) is 5. The highest BCUT2D eigenvalue weighted by Crippen LogP contribution is 2.40. The van der Waals surface area contributed by atoms with Crippen molar-refractivity contribution < 1.29 is 17.9 Å². The average Bonchev–Trinajstić information content (AvgIpc) is 3.03. The Morgan fingerprint density at radius 3 is 2.07 bits per heavy atom. The molecule has 2 rings (SSSR count). The Hall–Kier alpha value is -2.52. The Labute approximate surface area is 167 Å². The summed E-state index contributed by atoms with van der Waals surface area (Å²) in [5.74, 6) is 0.0992. The molecule has 1 aromatic carbocycles. The van der Waals surface area contributed by atoms with Crippen molar-refractivity contribution in [3.8, 4) is 11.8 Å². The molecule has 0 unspecified atom stereocenters. The van der Waals surface area contributed by atoms with Crippen molar-refractivity contribution in [2.45, 2.75) is 58.1 Å². The maximum absolute atomic E-state index is 12.7. The molecule has 0 saturated carbocycles. The molecule has 0 amide bonds. The van der Waals surface area contributed by atoms with E-state index in [4.69, 9.17) is 4.42 Å². The maximum atomic E-state index is 12.7. The van der Waals surface area contributed by atoms with Crippen LogP contribution in [0.5, 0.6) is 5.75 Å². The lowest BCUT2D eigenvalue weighted by atomic mass is 9.78. The van der Waals surface area contributed by atoms with E-state index in [9.17, 15) is 18.8 Å². The monoisotopic (exact) mass is 401 g/mol. The Morgan fingerprint density at radius 2 is 1.68 bits per heavy atom. The number of aromatic hydroxyl groups is 1. The third kappa shape index (κ3) is 4.85. The van der Waals surface area contributed by atoms with Crippen LogP contribution in [-0.4, -0.2) is 13.5 Å². The first-order chi connectivity index (χ1) is 12.8. The molecule has 0 atom stereocenters. The molecular weight excluding hydrogens is 374 g/mol. The first kappa shape index (κ1) is 21.8. The van der Waals surface area contributed by atoms with E-state index in [1.807, 2.05) is 41.5 Å². The number of hydrogen-bond donors (Lipinski definition) is 1. The van der Waals surface area contributed by atoms with Gasteiger partial charge in [-0.1, -0.05) is 41.5 Å². The summed E-state index contributed by atoms with van der Waals surface area (Å²) in [6, 6.07) is 8.45. The molecule has 0 aliphatic carbocycles. The van der Waals surface area contributed by atoms with Gasteiger partial charge >= 0.3 is 0 Å². The number of benzene rings is 1. The minimum absolute atomic E-state index is 0.203. The molecule has 28 heavy (non-hydrogen) atoms. The summed E-state index contributed by atoms with van der Waals surface area (Å²) >= 11 is 0. The largest absolute Gasteiger partial charge is 0.507 e. The van der Waals surface area contributed by atoms with Crippen LogP contribution in [0.25, 0.3) is 6.08 Å². The van der Waals surface area contributed by atoms with Gasteiger partial charge in [0.15, 0.2) is 9.84 Å². The van der Waals surface area contributed by atoms with Gasteiger partial charge in [-0.2, -0.15) is 5.26 Å². The topological polar surface area (TPSA) is 91.3 Å². The number of allylic oxidation sites excluding steroid dienone is 1. The lowest BCUT2D eigenvalue weighted by Crippen LogP contribution is -2.17. The summed E-state index contributed by atoms with van der Waals surface area (Å²) in [7, 11) is -3.86. The molecule has 5 nitrogen and oxygen atoms in total. The Morgan fingerprint density at radius 1 is 1.14 bits per heavy atom. The van der Waals surface area contributed by atoms with Crippen LogP contribution in [0.1, 0.15) is 64.0 Å². The quantitative estimate of drug-likeness (QED) is 0.723. The van der Waals surface area contributed by atoms with Gasteiger partial charge in [-0.25, -0.2) is 8.42 Å². The summed E-state index contributed by atoms with van der Waals surface area (Å²) < 4.78 is 30.4. The van der Waals surface area contributed by atoms with E-state index in [0.29, 0.717) is 16.7 Å². The highest BCUT2D eigenvalue weighted by atomic mass is 32.2. The van der Waals surface area contributed by atoms with Crippen molar-refractivity contribution in [3.63, 3.8) is 0 Å².